The molecule has 0 fully saturated rings. The van der Waals surface area contributed by atoms with Crippen molar-refractivity contribution in [2.75, 3.05) is 0 Å². The number of aromatic amines is 1. The minimum absolute atomic E-state index is 0.140. The number of amides is 2. The molecule has 0 saturated heterocycles. The molecule has 1 aromatic heterocycles. The second kappa shape index (κ2) is 8.00. The van der Waals surface area contributed by atoms with E-state index in [-0.39, 0.29) is 12.1 Å². The van der Waals surface area contributed by atoms with Gasteiger partial charge in [0.15, 0.2) is 0 Å². The van der Waals surface area contributed by atoms with Crippen molar-refractivity contribution in [1.82, 2.24) is 9.88 Å². The molecule has 0 aliphatic heterocycles. The monoisotopic (exact) mass is 422 g/mol. The Bertz CT molecular complexity index is 1270. The maximum atomic E-state index is 13.5. The molecule has 2 N–H and O–H groups in total. The number of nitrogens with zero attached hydrogens (tertiary/aromatic N) is 1. The minimum atomic E-state index is -1.37. The van der Waals surface area contributed by atoms with Crippen LogP contribution in [0.4, 0.5) is 9.18 Å². The van der Waals surface area contributed by atoms with Crippen LogP contribution in [0.25, 0.3) is 22.0 Å². The molecular weight excluding hydrogens is 407 g/mol. The lowest BCUT2D eigenvalue weighted by molar-refractivity contribution is 0.0730. The van der Waals surface area contributed by atoms with E-state index in [4.69, 9.17) is 11.6 Å². The van der Waals surface area contributed by atoms with Gasteiger partial charge in [0.25, 0.3) is 5.91 Å². The smallest absolute Gasteiger partial charge is 0.414 e. The van der Waals surface area contributed by atoms with Crippen molar-refractivity contribution in [2.45, 2.75) is 6.54 Å². The predicted octanol–water partition coefficient (Wildman–Crippen LogP) is 5.95. The van der Waals surface area contributed by atoms with Crippen LogP contribution in [0.15, 0.2) is 72.9 Å². The summed E-state index contributed by atoms with van der Waals surface area (Å²) < 4.78 is 13.5. The van der Waals surface area contributed by atoms with Gasteiger partial charge in [-0.3, -0.25) is 4.79 Å². The zero-order chi connectivity index (χ0) is 21.3. The van der Waals surface area contributed by atoms with Crippen molar-refractivity contribution in [1.29, 1.82) is 0 Å². The molecule has 4 rings (SSSR count). The summed E-state index contributed by atoms with van der Waals surface area (Å²) in [4.78, 5) is 28.7. The molecule has 0 atom stereocenters. The Morgan fingerprint density at radius 2 is 1.73 bits per heavy atom. The van der Waals surface area contributed by atoms with Crippen molar-refractivity contribution >= 4 is 34.5 Å². The molecule has 1 heterocycles. The number of aromatic nitrogens is 1. The Hall–Kier alpha value is -3.64. The fourth-order valence-corrected chi connectivity index (χ4v) is 3.51. The number of fused-ring (bicyclic) bond motifs is 1. The molecule has 0 saturated carbocycles. The largest absolute Gasteiger partial charge is 0.465 e. The molecule has 30 heavy (non-hydrogen) atoms. The number of carbonyl (C=O) groups excluding carboxylic acids is 1. The summed E-state index contributed by atoms with van der Waals surface area (Å²) in [5.41, 5.74) is 2.82. The Morgan fingerprint density at radius 3 is 2.47 bits per heavy atom. The van der Waals surface area contributed by atoms with Gasteiger partial charge >= 0.3 is 6.09 Å². The van der Waals surface area contributed by atoms with E-state index >= 15 is 0 Å². The standard InChI is InChI=1S/C23H16ClFN2O3/c24-18-7-8-21-20(11-18)17(12-26-21)13-27(23(29)30)22(28)16-5-1-3-14(9-16)15-4-2-6-19(25)10-15/h1-12,26H,13H2,(H,29,30). The van der Waals surface area contributed by atoms with Crippen molar-refractivity contribution in [3.63, 3.8) is 0 Å². The van der Waals surface area contributed by atoms with Crippen LogP contribution in [0, 0.1) is 5.82 Å². The van der Waals surface area contributed by atoms with Crippen LogP contribution in [0.1, 0.15) is 15.9 Å². The highest BCUT2D eigenvalue weighted by Gasteiger charge is 2.24. The Labute approximate surface area is 176 Å². The zero-order valence-electron chi connectivity index (χ0n) is 15.6. The van der Waals surface area contributed by atoms with Crippen LogP contribution >= 0.6 is 11.6 Å². The first kappa shape index (κ1) is 19.7. The number of rotatable bonds is 4. The number of benzene rings is 3. The molecule has 4 aromatic rings. The van der Waals surface area contributed by atoms with Gasteiger partial charge in [0.1, 0.15) is 5.82 Å². The molecule has 0 aliphatic carbocycles. The van der Waals surface area contributed by atoms with E-state index in [2.05, 4.69) is 4.98 Å². The van der Waals surface area contributed by atoms with Crippen LogP contribution in [-0.2, 0) is 6.54 Å². The maximum absolute atomic E-state index is 13.5. The number of nitrogens with one attached hydrogen (secondary N) is 1. The summed E-state index contributed by atoms with van der Waals surface area (Å²) in [6.45, 7) is -0.140. The first-order valence-corrected chi connectivity index (χ1v) is 9.46. The lowest BCUT2D eigenvalue weighted by Crippen LogP contribution is -2.35. The summed E-state index contributed by atoms with van der Waals surface area (Å²) >= 11 is 6.05. The average molecular weight is 423 g/mol. The average Bonchev–Trinajstić information content (AvgIpc) is 3.13. The molecule has 3 aromatic carbocycles. The zero-order valence-corrected chi connectivity index (χ0v) is 16.4. The molecule has 0 aliphatic rings. The van der Waals surface area contributed by atoms with E-state index in [9.17, 15) is 19.1 Å². The number of H-pyrrole nitrogens is 1. The third-order valence-electron chi connectivity index (χ3n) is 4.80. The summed E-state index contributed by atoms with van der Waals surface area (Å²) in [5.74, 6) is -1.06. The van der Waals surface area contributed by atoms with Gasteiger partial charge in [-0.25, -0.2) is 14.1 Å². The van der Waals surface area contributed by atoms with Crippen LogP contribution in [-0.4, -0.2) is 27.0 Å². The maximum Gasteiger partial charge on any atom is 0.414 e. The molecular formula is C23H16ClFN2O3. The first-order valence-electron chi connectivity index (χ1n) is 9.08. The quantitative estimate of drug-likeness (QED) is 0.427. The van der Waals surface area contributed by atoms with E-state index < -0.39 is 17.8 Å². The fourth-order valence-electron chi connectivity index (χ4n) is 3.33. The highest BCUT2D eigenvalue weighted by atomic mass is 35.5. The predicted molar refractivity (Wildman–Crippen MR) is 113 cm³/mol. The molecule has 0 radical (unpaired) electrons. The van der Waals surface area contributed by atoms with Gasteiger partial charge in [-0.05, 0) is 59.2 Å². The molecule has 0 unspecified atom stereocenters. The second-order valence-corrected chi connectivity index (χ2v) is 7.21. The van der Waals surface area contributed by atoms with Crippen molar-refractivity contribution in [2.24, 2.45) is 0 Å². The number of imide groups is 1. The van der Waals surface area contributed by atoms with Gasteiger partial charge in [-0.15, -0.1) is 0 Å². The van der Waals surface area contributed by atoms with E-state index in [0.717, 1.165) is 15.8 Å². The number of hydrogen-bond donors (Lipinski definition) is 2. The van der Waals surface area contributed by atoms with Gasteiger partial charge < -0.3 is 10.1 Å². The third-order valence-corrected chi connectivity index (χ3v) is 5.04. The number of carbonyl (C=O) groups is 2. The molecule has 0 bridgehead atoms. The van der Waals surface area contributed by atoms with Crippen LogP contribution in [0.5, 0.6) is 0 Å². The van der Waals surface area contributed by atoms with Crippen molar-refractivity contribution in [3.8, 4) is 11.1 Å². The molecule has 7 heteroatoms. The summed E-state index contributed by atoms with van der Waals surface area (Å²) in [5, 5.41) is 10.9. The van der Waals surface area contributed by atoms with Crippen molar-refractivity contribution < 1.29 is 19.1 Å². The van der Waals surface area contributed by atoms with E-state index in [0.29, 0.717) is 21.7 Å². The summed E-state index contributed by atoms with van der Waals surface area (Å²) in [6.07, 6.45) is 0.292. The molecule has 150 valence electrons. The lowest BCUT2D eigenvalue weighted by Gasteiger charge is -2.17. The van der Waals surface area contributed by atoms with Gasteiger partial charge in [0, 0.05) is 27.7 Å². The van der Waals surface area contributed by atoms with E-state index in [1.807, 2.05) is 0 Å². The van der Waals surface area contributed by atoms with Gasteiger partial charge in [-0.2, -0.15) is 0 Å². The van der Waals surface area contributed by atoms with E-state index in [1.165, 1.54) is 18.2 Å². The number of carboxylic acid groups (broad SMARTS) is 1. The molecule has 5 nitrogen and oxygen atoms in total. The van der Waals surface area contributed by atoms with Crippen LogP contribution in [0.2, 0.25) is 5.02 Å². The van der Waals surface area contributed by atoms with Crippen molar-refractivity contribution in [3.05, 3.63) is 94.9 Å². The second-order valence-electron chi connectivity index (χ2n) is 6.77. The minimum Gasteiger partial charge on any atom is -0.465 e. The van der Waals surface area contributed by atoms with Crippen LogP contribution in [0.3, 0.4) is 0 Å². The Balaban J connectivity index is 1.66. The highest BCUT2D eigenvalue weighted by molar-refractivity contribution is 6.31. The third kappa shape index (κ3) is 3.90. The lowest BCUT2D eigenvalue weighted by atomic mass is 10.0. The Morgan fingerprint density at radius 1 is 1.00 bits per heavy atom. The normalized spacial score (nSPS) is 10.9. The van der Waals surface area contributed by atoms with Gasteiger partial charge in [-0.1, -0.05) is 35.9 Å². The topological polar surface area (TPSA) is 73.4 Å². The van der Waals surface area contributed by atoms with E-state index in [1.54, 1.807) is 54.7 Å². The number of hydrogen-bond acceptors (Lipinski definition) is 2. The van der Waals surface area contributed by atoms with Gasteiger partial charge in [0.2, 0.25) is 0 Å². The number of halogens is 2. The molecule has 2 amide bonds. The van der Waals surface area contributed by atoms with Gasteiger partial charge in [0.05, 0.1) is 6.54 Å². The van der Waals surface area contributed by atoms with Crippen LogP contribution < -0.4 is 0 Å². The molecule has 0 spiro atoms. The SMILES string of the molecule is O=C(O)N(Cc1c[nH]c2ccc(Cl)cc12)C(=O)c1cccc(-c2cccc(F)c2)c1. The summed E-state index contributed by atoms with van der Waals surface area (Å²) in [6, 6.07) is 17.7. The first-order chi connectivity index (χ1) is 14.4. The highest BCUT2D eigenvalue weighted by Crippen LogP contribution is 2.25. The Kier molecular flexibility index (Phi) is 5.25. The summed E-state index contributed by atoms with van der Waals surface area (Å²) in [7, 11) is 0. The fraction of sp³-hybridized carbons (Fsp3) is 0.0435.